The van der Waals surface area contributed by atoms with E-state index in [1.807, 2.05) is 0 Å². The maximum atomic E-state index is 11.7. The molecule has 0 radical (unpaired) electrons. The van der Waals surface area contributed by atoms with Gasteiger partial charge < -0.3 is 9.47 Å². The van der Waals surface area contributed by atoms with E-state index >= 15 is 0 Å². The third-order valence-corrected chi connectivity index (χ3v) is 2.16. The Kier molecular flexibility index (Phi) is 3.82. The van der Waals surface area contributed by atoms with Crippen molar-refractivity contribution in [2.24, 2.45) is 0 Å². The number of carbonyl (C=O) groups is 3. The molecule has 1 rings (SSSR count). The van der Waals surface area contributed by atoms with Crippen LogP contribution in [0.4, 0.5) is 0 Å². The number of hydrogen-bond donors (Lipinski definition) is 0. The second-order valence-corrected chi connectivity index (χ2v) is 3.53. The Labute approximate surface area is 93.4 Å². The lowest BCUT2D eigenvalue weighted by molar-refractivity contribution is -0.140. The SMILES string of the molecule is CCOC(=O)C1=C(C)OC(CC(C)=O)C1=O. The molecule has 0 aromatic carbocycles. The molecule has 0 bridgehead atoms. The van der Waals surface area contributed by atoms with E-state index in [1.54, 1.807) is 6.92 Å². The molecule has 0 saturated heterocycles. The molecule has 1 aliphatic rings. The van der Waals surface area contributed by atoms with Crippen molar-refractivity contribution in [3.05, 3.63) is 11.3 Å². The predicted octanol–water partition coefficient (Wildman–Crippen LogP) is 0.770. The number of esters is 1. The van der Waals surface area contributed by atoms with E-state index in [2.05, 4.69) is 0 Å². The minimum absolute atomic E-state index is 0.0148. The molecule has 5 nitrogen and oxygen atoms in total. The van der Waals surface area contributed by atoms with Gasteiger partial charge >= 0.3 is 5.97 Å². The van der Waals surface area contributed by atoms with Crippen LogP contribution in [0.1, 0.15) is 27.2 Å². The topological polar surface area (TPSA) is 69.7 Å². The van der Waals surface area contributed by atoms with E-state index in [9.17, 15) is 14.4 Å². The number of Topliss-reactive ketones (excluding diaryl/α,β-unsaturated/α-hetero) is 2. The van der Waals surface area contributed by atoms with E-state index in [1.165, 1.54) is 13.8 Å². The standard InChI is InChI=1S/C11H14O5/c1-4-15-11(14)9-7(3)16-8(10(9)13)5-6(2)12/h8H,4-5H2,1-3H3. The van der Waals surface area contributed by atoms with Crippen LogP contribution in [-0.2, 0) is 23.9 Å². The van der Waals surface area contributed by atoms with Gasteiger partial charge in [-0.05, 0) is 20.8 Å². The Balaban J connectivity index is 2.79. The Morgan fingerprint density at radius 2 is 2.06 bits per heavy atom. The number of ether oxygens (including phenoxy) is 2. The zero-order chi connectivity index (χ0) is 12.3. The summed E-state index contributed by atoms with van der Waals surface area (Å²) in [5.74, 6) is -1.08. The van der Waals surface area contributed by atoms with Gasteiger partial charge in [0.25, 0.3) is 0 Å². The van der Waals surface area contributed by atoms with E-state index in [4.69, 9.17) is 9.47 Å². The molecule has 1 unspecified atom stereocenters. The van der Waals surface area contributed by atoms with Gasteiger partial charge in [0, 0.05) is 0 Å². The summed E-state index contributed by atoms with van der Waals surface area (Å²) in [4.78, 5) is 34.1. The second kappa shape index (κ2) is 4.92. The predicted molar refractivity (Wildman–Crippen MR) is 54.5 cm³/mol. The van der Waals surface area contributed by atoms with Crippen LogP contribution in [0, 0.1) is 0 Å². The van der Waals surface area contributed by atoms with Crippen LogP contribution in [0.2, 0.25) is 0 Å². The summed E-state index contributed by atoms with van der Waals surface area (Å²) in [6.45, 7) is 4.74. The average Bonchev–Trinajstić information content (AvgIpc) is 2.41. The van der Waals surface area contributed by atoms with Crippen LogP contribution < -0.4 is 0 Å². The van der Waals surface area contributed by atoms with Crippen molar-refractivity contribution in [3.63, 3.8) is 0 Å². The first-order valence-electron chi connectivity index (χ1n) is 5.05. The Morgan fingerprint density at radius 1 is 1.44 bits per heavy atom. The maximum absolute atomic E-state index is 11.7. The number of rotatable bonds is 4. The van der Waals surface area contributed by atoms with Crippen molar-refractivity contribution in [1.82, 2.24) is 0 Å². The third-order valence-electron chi connectivity index (χ3n) is 2.16. The molecular weight excluding hydrogens is 212 g/mol. The molecule has 0 spiro atoms. The zero-order valence-corrected chi connectivity index (χ0v) is 9.53. The molecule has 16 heavy (non-hydrogen) atoms. The lowest BCUT2D eigenvalue weighted by Gasteiger charge is -2.06. The minimum Gasteiger partial charge on any atom is -0.485 e. The molecular formula is C11H14O5. The average molecular weight is 226 g/mol. The summed E-state index contributed by atoms with van der Waals surface area (Å²) in [6, 6.07) is 0. The van der Waals surface area contributed by atoms with Gasteiger partial charge in [-0.3, -0.25) is 9.59 Å². The summed E-state index contributed by atoms with van der Waals surface area (Å²) in [7, 11) is 0. The minimum atomic E-state index is -0.864. The van der Waals surface area contributed by atoms with E-state index in [-0.39, 0.29) is 30.1 Å². The van der Waals surface area contributed by atoms with E-state index < -0.39 is 17.9 Å². The molecule has 1 atom stereocenters. The van der Waals surface area contributed by atoms with Crippen molar-refractivity contribution in [2.75, 3.05) is 6.61 Å². The van der Waals surface area contributed by atoms with Crippen LogP contribution in [-0.4, -0.2) is 30.2 Å². The summed E-state index contributed by atoms with van der Waals surface area (Å²) < 4.78 is 9.91. The van der Waals surface area contributed by atoms with Gasteiger partial charge in [0.2, 0.25) is 5.78 Å². The molecule has 0 fully saturated rings. The van der Waals surface area contributed by atoms with Gasteiger partial charge in [-0.15, -0.1) is 0 Å². The summed E-state index contributed by atoms with van der Waals surface area (Å²) >= 11 is 0. The fraction of sp³-hybridized carbons (Fsp3) is 0.545. The number of hydrogen-bond acceptors (Lipinski definition) is 5. The van der Waals surface area contributed by atoms with Crippen molar-refractivity contribution in [1.29, 1.82) is 0 Å². The normalized spacial score (nSPS) is 19.7. The monoisotopic (exact) mass is 226 g/mol. The van der Waals surface area contributed by atoms with Crippen LogP contribution in [0.25, 0.3) is 0 Å². The van der Waals surface area contributed by atoms with Gasteiger partial charge in [0.05, 0.1) is 13.0 Å². The van der Waals surface area contributed by atoms with Crippen molar-refractivity contribution in [3.8, 4) is 0 Å². The lowest BCUT2D eigenvalue weighted by Crippen LogP contribution is -2.24. The first kappa shape index (κ1) is 12.4. The largest absolute Gasteiger partial charge is 0.485 e. The third kappa shape index (κ3) is 2.48. The van der Waals surface area contributed by atoms with Gasteiger partial charge in [0.1, 0.15) is 17.1 Å². The fourth-order valence-electron chi connectivity index (χ4n) is 1.50. The molecule has 1 aliphatic heterocycles. The smallest absolute Gasteiger partial charge is 0.345 e. The summed E-state index contributed by atoms with van der Waals surface area (Å²) in [5, 5.41) is 0. The summed E-state index contributed by atoms with van der Waals surface area (Å²) in [6.07, 6.45) is -0.879. The van der Waals surface area contributed by atoms with Crippen LogP contribution in [0.15, 0.2) is 11.3 Å². The highest BCUT2D eigenvalue weighted by atomic mass is 16.5. The van der Waals surface area contributed by atoms with Crippen LogP contribution >= 0.6 is 0 Å². The molecule has 0 aliphatic carbocycles. The zero-order valence-electron chi connectivity index (χ0n) is 9.53. The Bertz CT molecular complexity index is 367. The van der Waals surface area contributed by atoms with Gasteiger partial charge in [0.15, 0.2) is 6.10 Å². The highest BCUT2D eigenvalue weighted by molar-refractivity contribution is 6.21. The van der Waals surface area contributed by atoms with Crippen LogP contribution in [0.3, 0.4) is 0 Å². The summed E-state index contributed by atoms with van der Waals surface area (Å²) in [5.41, 5.74) is -0.0758. The Hall–Kier alpha value is -1.65. The van der Waals surface area contributed by atoms with Crippen molar-refractivity contribution in [2.45, 2.75) is 33.3 Å². The molecule has 1 heterocycles. The molecule has 0 N–H and O–H groups in total. The quantitative estimate of drug-likeness (QED) is 0.523. The molecule has 5 heteroatoms. The first-order chi connectivity index (χ1) is 7.47. The Morgan fingerprint density at radius 3 is 2.56 bits per heavy atom. The van der Waals surface area contributed by atoms with Crippen molar-refractivity contribution >= 4 is 17.5 Å². The first-order valence-corrected chi connectivity index (χ1v) is 5.05. The molecule has 88 valence electrons. The highest BCUT2D eigenvalue weighted by Gasteiger charge is 2.38. The van der Waals surface area contributed by atoms with Gasteiger partial charge in [-0.1, -0.05) is 0 Å². The molecule has 0 aromatic heterocycles. The molecule has 0 aromatic rings. The lowest BCUT2D eigenvalue weighted by atomic mass is 10.0. The van der Waals surface area contributed by atoms with E-state index in [0.29, 0.717) is 0 Å². The highest BCUT2D eigenvalue weighted by Crippen LogP contribution is 2.24. The molecule has 0 amide bonds. The van der Waals surface area contributed by atoms with Gasteiger partial charge in [-0.2, -0.15) is 0 Å². The molecule has 0 saturated carbocycles. The second-order valence-electron chi connectivity index (χ2n) is 3.53. The van der Waals surface area contributed by atoms with Crippen LogP contribution in [0.5, 0.6) is 0 Å². The van der Waals surface area contributed by atoms with E-state index in [0.717, 1.165) is 0 Å². The fourth-order valence-corrected chi connectivity index (χ4v) is 1.50. The maximum Gasteiger partial charge on any atom is 0.345 e. The number of carbonyl (C=O) groups excluding carboxylic acids is 3. The number of allylic oxidation sites excluding steroid dienone is 1. The van der Waals surface area contributed by atoms with Gasteiger partial charge in [-0.25, -0.2) is 4.79 Å². The van der Waals surface area contributed by atoms with Crippen molar-refractivity contribution < 1.29 is 23.9 Å². The number of ketones is 2.